The smallest absolute Gasteiger partial charge is 0.312 e. The van der Waals surface area contributed by atoms with Gasteiger partial charge in [0.25, 0.3) is 0 Å². The van der Waals surface area contributed by atoms with Crippen molar-refractivity contribution in [2.75, 3.05) is 26.2 Å². The minimum absolute atomic E-state index is 0.0792. The fourth-order valence-corrected chi connectivity index (χ4v) is 2.65. The Labute approximate surface area is 108 Å². The van der Waals surface area contributed by atoms with Crippen molar-refractivity contribution < 1.29 is 13.2 Å². The molecule has 0 spiro atoms. The summed E-state index contributed by atoms with van der Waals surface area (Å²) in [6, 6.07) is 0.153. The molecule has 5 heteroatoms. The number of nitrogens with one attached hydrogen (secondary N) is 1. The molecule has 0 saturated carbocycles. The molecular formula is C13H25F3N2. The lowest BCUT2D eigenvalue weighted by Gasteiger charge is -2.42. The van der Waals surface area contributed by atoms with Gasteiger partial charge >= 0.3 is 6.18 Å². The monoisotopic (exact) mass is 266 g/mol. The van der Waals surface area contributed by atoms with E-state index in [-0.39, 0.29) is 11.5 Å². The van der Waals surface area contributed by atoms with E-state index in [1.807, 2.05) is 6.92 Å². The van der Waals surface area contributed by atoms with Crippen LogP contribution in [0.2, 0.25) is 0 Å². The average molecular weight is 266 g/mol. The molecule has 1 rings (SSSR count). The van der Waals surface area contributed by atoms with E-state index in [1.54, 1.807) is 0 Å². The molecule has 1 unspecified atom stereocenters. The van der Waals surface area contributed by atoms with E-state index in [0.29, 0.717) is 13.1 Å². The number of hydrogen-bond acceptors (Lipinski definition) is 2. The highest BCUT2D eigenvalue weighted by Gasteiger charge is 2.36. The predicted molar refractivity (Wildman–Crippen MR) is 67.6 cm³/mol. The molecular weight excluding hydrogens is 241 g/mol. The van der Waals surface area contributed by atoms with E-state index in [0.717, 1.165) is 25.8 Å². The second-order valence-corrected chi connectivity index (χ2v) is 5.95. The van der Waals surface area contributed by atoms with Gasteiger partial charge in [-0.3, -0.25) is 4.90 Å². The van der Waals surface area contributed by atoms with Gasteiger partial charge in [0.1, 0.15) is 0 Å². The lowest BCUT2D eigenvalue weighted by atomic mass is 9.77. The Balaban J connectivity index is 2.58. The topological polar surface area (TPSA) is 15.3 Å². The van der Waals surface area contributed by atoms with Crippen molar-refractivity contribution in [2.45, 2.75) is 52.3 Å². The Kier molecular flexibility index (Phi) is 5.46. The standard InChI is InChI=1S/C13H25F3N2/c1-4-8-18(10-13(14,15)16)9-11-12(2,3)6-5-7-17-11/h11,17H,4-10H2,1-3H3. The first kappa shape index (κ1) is 15.8. The lowest BCUT2D eigenvalue weighted by molar-refractivity contribution is -0.147. The fraction of sp³-hybridized carbons (Fsp3) is 1.00. The summed E-state index contributed by atoms with van der Waals surface area (Å²) in [5.41, 5.74) is 0.0792. The zero-order valence-electron chi connectivity index (χ0n) is 11.6. The van der Waals surface area contributed by atoms with E-state index in [2.05, 4.69) is 19.2 Å². The Bertz CT molecular complexity index is 251. The highest BCUT2D eigenvalue weighted by molar-refractivity contribution is 4.90. The number of hydrogen-bond donors (Lipinski definition) is 1. The van der Waals surface area contributed by atoms with Gasteiger partial charge < -0.3 is 5.32 Å². The minimum Gasteiger partial charge on any atom is -0.312 e. The minimum atomic E-state index is -4.10. The van der Waals surface area contributed by atoms with Gasteiger partial charge in [0, 0.05) is 12.6 Å². The zero-order valence-corrected chi connectivity index (χ0v) is 11.6. The third-order valence-corrected chi connectivity index (χ3v) is 3.72. The van der Waals surface area contributed by atoms with Crippen molar-refractivity contribution in [1.29, 1.82) is 0 Å². The van der Waals surface area contributed by atoms with Gasteiger partial charge in [0.2, 0.25) is 0 Å². The van der Waals surface area contributed by atoms with E-state index < -0.39 is 12.7 Å². The molecule has 2 nitrogen and oxygen atoms in total. The van der Waals surface area contributed by atoms with Crippen LogP contribution in [0.25, 0.3) is 0 Å². The molecule has 1 fully saturated rings. The first-order chi connectivity index (χ1) is 8.24. The molecule has 0 aromatic rings. The first-order valence-electron chi connectivity index (χ1n) is 6.77. The number of nitrogens with zero attached hydrogens (tertiary/aromatic N) is 1. The number of alkyl halides is 3. The summed E-state index contributed by atoms with van der Waals surface area (Å²) in [6.45, 7) is 7.31. The van der Waals surface area contributed by atoms with Gasteiger partial charge in [-0.15, -0.1) is 0 Å². The van der Waals surface area contributed by atoms with Gasteiger partial charge in [-0.1, -0.05) is 20.8 Å². The molecule has 0 radical (unpaired) electrons. The molecule has 0 aromatic carbocycles. The third-order valence-electron chi connectivity index (χ3n) is 3.72. The lowest BCUT2D eigenvalue weighted by Crippen LogP contribution is -2.54. The van der Waals surface area contributed by atoms with Crippen molar-refractivity contribution in [2.24, 2.45) is 5.41 Å². The number of halogens is 3. The van der Waals surface area contributed by atoms with Gasteiger partial charge in [-0.2, -0.15) is 13.2 Å². The fourth-order valence-electron chi connectivity index (χ4n) is 2.65. The largest absolute Gasteiger partial charge is 0.401 e. The number of rotatable bonds is 5. The van der Waals surface area contributed by atoms with E-state index in [1.165, 1.54) is 4.90 Å². The molecule has 1 heterocycles. The molecule has 0 aromatic heterocycles. The molecule has 18 heavy (non-hydrogen) atoms. The summed E-state index contributed by atoms with van der Waals surface area (Å²) in [4.78, 5) is 1.53. The average Bonchev–Trinajstić information content (AvgIpc) is 2.19. The molecule has 1 N–H and O–H groups in total. The van der Waals surface area contributed by atoms with Gasteiger partial charge in [-0.25, -0.2) is 0 Å². The van der Waals surface area contributed by atoms with Gasteiger partial charge in [0.15, 0.2) is 0 Å². The molecule has 108 valence electrons. The maximum atomic E-state index is 12.5. The molecule has 1 aliphatic heterocycles. The van der Waals surface area contributed by atoms with Crippen LogP contribution in [0.1, 0.15) is 40.0 Å². The van der Waals surface area contributed by atoms with Crippen LogP contribution in [0.15, 0.2) is 0 Å². The van der Waals surface area contributed by atoms with Crippen molar-refractivity contribution in [3.8, 4) is 0 Å². The Morgan fingerprint density at radius 3 is 2.50 bits per heavy atom. The van der Waals surface area contributed by atoms with E-state index >= 15 is 0 Å². The van der Waals surface area contributed by atoms with Crippen LogP contribution >= 0.6 is 0 Å². The summed E-state index contributed by atoms with van der Waals surface area (Å²) in [5.74, 6) is 0. The summed E-state index contributed by atoms with van der Waals surface area (Å²) in [5, 5.41) is 3.37. The SMILES string of the molecule is CCCN(CC1NCCCC1(C)C)CC(F)(F)F. The molecule has 0 bridgehead atoms. The first-order valence-corrected chi connectivity index (χ1v) is 6.77. The molecule has 1 saturated heterocycles. The van der Waals surface area contributed by atoms with Crippen molar-refractivity contribution >= 4 is 0 Å². The van der Waals surface area contributed by atoms with Crippen LogP contribution in [0.5, 0.6) is 0 Å². The van der Waals surface area contributed by atoms with E-state index in [4.69, 9.17) is 0 Å². The van der Waals surface area contributed by atoms with Crippen molar-refractivity contribution in [3.63, 3.8) is 0 Å². The maximum absolute atomic E-state index is 12.5. The predicted octanol–water partition coefficient (Wildman–Crippen LogP) is 3.04. The van der Waals surface area contributed by atoms with Crippen LogP contribution in [0.3, 0.4) is 0 Å². The van der Waals surface area contributed by atoms with Crippen LogP contribution in [-0.4, -0.2) is 43.3 Å². The van der Waals surface area contributed by atoms with E-state index in [9.17, 15) is 13.2 Å². The molecule has 1 atom stereocenters. The molecule has 1 aliphatic rings. The van der Waals surface area contributed by atoms with Crippen molar-refractivity contribution in [3.05, 3.63) is 0 Å². The highest BCUT2D eigenvalue weighted by atomic mass is 19.4. The summed E-state index contributed by atoms with van der Waals surface area (Å²) in [7, 11) is 0. The second-order valence-electron chi connectivity index (χ2n) is 5.95. The van der Waals surface area contributed by atoms with Gasteiger partial charge in [0.05, 0.1) is 6.54 Å². The highest BCUT2D eigenvalue weighted by Crippen LogP contribution is 2.31. The quantitative estimate of drug-likeness (QED) is 0.823. The van der Waals surface area contributed by atoms with Crippen LogP contribution in [-0.2, 0) is 0 Å². The normalized spacial score (nSPS) is 24.5. The van der Waals surface area contributed by atoms with Crippen LogP contribution < -0.4 is 5.32 Å². The van der Waals surface area contributed by atoms with Crippen LogP contribution in [0, 0.1) is 5.41 Å². The van der Waals surface area contributed by atoms with Crippen LogP contribution in [0.4, 0.5) is 13.2 Å². The molecule has 0 amide bonds. The number of piperidine rings is 1. The maximum Gasteiger partial charge on any atom is 0.401 e. The Morgan fingerprint density at radius 2 is 2.00 bits per heavy atom. The summed E-state index contributed by atoms with van der Waals surface area (Å²) >= 11 is 0. The molecule has 0 aliphatic carbocycles. The Morgan fingerprint density at radius 1 is 1.33 bits per heavy atom. The Hall–Kier alpha value is -0.290. The second kappa shape index (κ2) is 6.24. The van der Waals surface area contributed by atoms with Gasteiger partial charge in [-0.05, 0) is 37.8 Å². The summed E-state index contributed by atoms with van der Waals surface area (Å²) < 4.78 is 37.5. The van der Waals surface area contributed by atoms with Crippen molar-refractivity contribution in [1.82, 2.24) is 10.2 Å². The third kappa shape index (κ3) is 5.14. The summed E-state index contributed by atoms with van der Waals surface area (Å²) in [6.07, 6.45) is -1.16. The zero-order chi connectivity index (χ0) is 13.8.